The summed E-state index contributed by atoms with van der Waals surface area (Å²) in [5.41, 5.74) is 2.90. The van der Waals surface area contributed by atoms with Crippen LogP contribution in [-0.4, -0.2) is 51.4 Å². The van der Waals surface area contributed by atoms with E-state index in [2.05, 4.69) is 32.2 Å². The fourth-order valence-corrected chi connectivity index (χ4v) is 12.2. The lowest BCUT2D eigenvalue weighted by Gasteiger charge is -2.37. The van der Waals surface area contributed by atoms with E-state index in [1.54, 1.807) is 12.0 Å². The fourth-order valence-electron chi connectivity index (χ4n) is 8.18. The molecule has 0 saturated carbocycles. The molecule has 0 radical (unpaired) electrons. The largest absolute Gasteiger partial charge is 0.497 e. The monoisotopic (exact) mass is 648 g/mol. The van der Waals surface area contributed by atoms with Crippen LogP contribution in [0.15, 0.2) is 97.1 Å². The summed E-state index contributed by atoms with van der Waals surface area (Å²) in [6.07, 6.45) is 0.169. The Bertz CT molecular complexity index is 1830. The number of ether oxygens (including phenoxy) is 3. The first-order valence-electron chi connectivity index (χ1n) is 16.2. The number of anilines is 3. The molecule has 0 unspecified atom stereocenters. The molecule has 0 aromatic heterocycles. The summed E-state index contributed by atoms with van der Waals surface area (Å²) < 4.78 is 18.1. The molecule has 1 fully saturated rings. The van der Waals surface area contributed by atoms with E-state index in [-0.39, 0.29) is 42.6 Å². The topological polar surface area (TPSA) is 88.5 Å². The van der Waals surface area contributed by atoms with Gasteiger partial charge >= 0.3 is 0 Å². The Hall–Kier alpha value is -4.44. The Kier molecular flexibility index (Phi) is 7.94. The van der Waals surface area contributed by atoms with Gasteiger partial charge in [0.25, 0.3) is 11.8 Å². The van der Waals surface area contributed by atoms with Crippen molar-refractivity contribution in [3.8, 4) is 11.5 Å². The quantitative estimate of drug-likeness (QED) is 0.240. The maximum atomic E-state index is 14.9. The van der Waals surface area contributed by atoms with Crippen LogP contribution in [0, 0.1) is 5.92 Å². The Balaban J connectivity index is 1.25. The van der Waals surface area contributed by atoms with Crippen molar-refractivity contribution in [2.75, 3.05) is 30.1 Å². The minimum absolute atomic E-state index is 0.0210. The highest BCUT2D eigenvalue weighted by atomic mass is 28.3. The normalized spacial score (nSPS) is 23.6. The molecule has 3 aliphatic rings. The molecule has 242 valence electrons. The molecule has 4 aromatic carbocycles. The van der Waals surface area contributed by atoms with E-state index in [0.29, 0.717) is 24.4 Å². The highest BCUT2D eigenvalue weighted by molar-refractivity contribution is 6.91. The van der Waals surface area contributed by atoms with Crippen molar-refractivity contribution >= 4 is 42.1 Å². The predicted molar refractivity (Wildman–Crippen MR) is 184 cm³/mol. The van der Waals surface area contributed by atoms with Gasteiger partial charge in [-0.1, -0.05) is 79.8 Å². The van der Waals surface area contributed by atoms with Gasteiger partial charge in [-0.3, -0.25) is 14.5 Å². The first-order chi connectivity index (χ1) is 22.7. The summed E-state index contributed by atoms with van der Waals surface area (Å²) in [5, 5.41) is 11.4. The molecule has 0 aliphatic carbocycles. The minimum Gasteiger partial charge on any atom is -0.497 e. The van der Waals surface area contributed by atoms with Gasteiger partial charge in [-0.15, -0.1) is 0 Å². The van der Waals surface area contributed by atoms with Crippen molar-refractivity contribution in [1.29, 1.82) is 0 Å². The number of hydrogen-bond donors (Lipinski definition) is 1. The average molecular weight is 649 g/mol. The second-order valence-corrected chi connectivity index (χ2v) is 17.9. The number of aliphatic hydroxyl groups excluding tert-OH is 1. The molecule has 9 heteroatoms. The minimum atomic E-state index is -2.26. The number of nitrogens with zero attached hydrogens (tertiary/aromatic N) is 2. The molecule has 2 amide bonds. The number of hydrogen-bond acceptors (Lipinski definition) is 6. The van der Waals surface area contributed by atoms with E-state index < -0.39 is 13.7 Å². The van der Waals surface area contributed by atoms with Gasteiger partial charge < -0.3 is 24.2 Å². The lowest BCUT2D eigenvalue weighted by molar-refractivity contribution is -0.146. The summed E-state index contributed by atoms with van der Waals surface area (Å²) in [5.74, 6) is 1.08. The summed E-state index contributed by atoms with van der Waals surface area (Å²) in [6, 6.07) is 31.5. The molecule has 0 bridgehead atoms. The van der Waals surface area contributed by atoms with E-state index in [4.69, 9.17) is 14.2 Å². The van der Waals surface area contributed by atoms with Crippen LogP contribution in [0.1, 0.15) is 24.5 Å². The molecule has 1 saturated heterocycles. The zero-order valence-corrected chi connectivity index (χ0v) is 28.2. The van der Waals surface area contributed by atoms with Crippen LogP contribution in [0.25, 0.3) is 0 Å². The molecule has 8 nitrogen and oxygen atoms in total. The number of carbonyl (C=O) groups is 2. The number of rotatable bonds is 8. The lowest BCUT2D eigenvalue weighted by atomic mass is 9.82. The van der Waals surface area contributed by atoms with Crippen LogP contribution < -0.4 is 24.5 Å². The molecule has 7 rings (SSSR count). The fraction of sp³-hybridized carbons (Fsp3) is 0.316. The van der Waals surface area contributed by atoms with Gasteiger partial charge in [0, 0.05) is 23.8 Å². The number of methoxy groups -OCH3 is 1. The predicted octanol–water partition coefficient (Wildman–Crippen LogP) is 5.90. The molecule has 4 atom stereocenters. The van der Waals surface area contributed by atoms with Crippen LogP contribution in [0.5, 0.6) is 11.5 Å². The van der Waals surface area contributed by atoms with Crippen LogP contribution in [-0.2, 0) is 26.5 Å². The maximum absolute atomic E-state index is 14.9. The number of para-hydroxylation sites is 3. The molecular formula is C38H40N2O6Si. The molecule has 4 aromatic rings. The first kappa shape index (κ1) is 31.2. The molecule has 3 heterocycles. The van der Waals surface area contributed by atoms with E-state index in [0.717, 1.165) is 28.3 Å². The van der Waals surface area contributed by atoms with Crippen LogP contribution >= 0.6 is 0 Å². The van der Waals surface area contributed by atoms with E-state index >= 15 is 0 Å². The zero-order valence-electron chi connectivity index (χ0n) is 27.2. The third kappa shape index (κ3) is 4.96. The van der Waals surface area contributed by atoms with Gasteiger partial charge in [0.05, 0.1) is 39.2 Å². The summed E-state index contributed by atoms with van der Waals surface area (Å²) in [6.45, 7) is 7.08. The highest BCUT2D eigenvalue weighted by Crippen LogP contribution is 2.60. The van der Waals surface area contributed by atoms with Gasteiger partial charge in [0.15, 0.2) is 12.2 Å². The highest BCUT2D eigenvalue weighted by Gasteiger charge is 2.66. The summed E-state index contributed by atoms with van der Waals surface area (Å²) in [7, 11) is -0.594. The van der Waals surface area contributed by atoms with Crippen molar-refractivity contribution in [2.24, 2.45) is 5.92 Å². The SMILES string of the molecule is COc1ccc([Si](C)(C)[C@H]2[C@H](CCO)O[C@@]3(C(=O)N(Cc4cccc(N5C(=O)COc6ccccc65)c4)c4ccccc43)[C@@H]2C)cc1. The van der Waals surface area contributed by atoms with Crippen LogP contribution in [0.3, 0.4) is 0 Å². The molecule has 47 heavy (non-hydrogen) atoms. The Morgan fingerprint density at radius 3 is 2.40 bits per heavy atom. The van der Waals surface area contributed by atoms with Crippen LogP contribution in [0.2, 0.25) is 18.6 Å². The number of aliphatic hydroxyl groups is 1. The van der Waals surface area contributed by atoms with Crippen molar-refractivity contribution in [3.63, 3.8) is 0 Å². The van der Waals surface area contributed by atoms with Crippen LogP contribution in [0.4, 0.5) is 17.1 Å². The van der Waals surface area contributed by atoms with Crippen molar-refractivity contribution in [2.45, 2.75) is 50.2 Å². The Morgan fingerprint density at radius 2 is 1.66 bits per heavy atom. The third-order valence-electron chi connectivity index (χ3n) is 10.4. The summed E-state index contributed by atoms with van der Waals surface area (Å²) in [4.78, 5) is 31.5. The number of benzene rings is 4. The standard InChI is InChI=1S/C38H40N2O6Si/c1-25-36(47(3,4)29-18-16-28(44-2)17-19-29)34(20-21-41)46-38(25)30-12-5-6-13-31(30)39(37(38)43)23-26-10-9-11-27(22-26)40-32-14-7-8-15-33(32)45-24-35(40)42/h5-19,22,25,34,36,41H,20-21,23-24H2,1-4H3/t25-,34+,36-,38+/m1/s1. The van der Waals surface area contributed by atoms with E-state index in [9.17, 15) is 14.7 Å². The lowest BCUT2D eigenvalue weighted by Crippen LogP contribution is -2.51. The Morgan fingerprint density at radius 1 is 0.936 bits per heavy atom. The Labute approximate surface area is 276 Å². The zero-order chi connectivity index (χ0) is 32.9. The van der Waals surface area contributed by atoms with Gasteiger partial charge in [-0.25, -0.2) is 0 Å². The number of carbonyl (C=O) groups excluding carboxylic acids is 2. The molecular weight excluding hydrogens is 609 g/mol. The van der Waals surface area contributed by atoms with Crippen molar-refractivity contribution in [1.82, 2.24) is 0 Å². The molecule has 1 spiro atoms. The smallest absolute Gasteiger partial charge is 0.269 e. The summed E-state index contributed by atoms with van der Waals surface area (Å²) >= 11 is 0. The van der Waals surface area contributed by atoms with Crippen molar-refractivity contribution in [3.05, 3.63) is 108 Å². The second-order valence-electron chi connectivity index (χ2n) is 13.2. The van der Waals surface area contributed by atoms with Gasteiger partial charge in [0.1, 0.15) is 11.5 Å². The van der Waals surface area contributed by atoms with E-state index in [1.807, 2.05) is 89.8 Å². The van der Waals surface area contributed by atoms with Gasteiger partial charge in [-0.2, -0.15) is 0 Å². The third-order valence-corrected chi connectivity index (χ3v) is 14.7. The van der Waals surface area contributed by atoms with Gasteiger partial charge in [-0.05, 0) is 60.0 Å². The van der Waals surface area contributed by atoms with Gasteiger partial charge in [0.2, 0.25) is 0 Å². The first-order valence-corrected chi connectivity index (χ1v) is 19.3. The number of amides is 2. The number of fused-ring (bicyclic) bond motifs is 3. The van der Waals surface area contributed by atoms with Crippen molar-refractivity contribution < 1.29 is 28.9 Å². The molecule has 3 aliphatic heterocycles. The average Bonchev–Trinajstić information content (AvgIpc) is 3.51. The second kappa shape index (κ2) is 12.0. The molecule has 1 N–H and O–H groups in total. The maximum Gasteiger partial charge on any atom is 0.269 e. The van der Waals surface area contributed by atoms with E-state index in [1.165, 1.54) is 5.19 Å².